The van der Waals surface area contributed by atoms with Crippen molar-refractivity contribution < 1.29 is 14.3 Å². The van der Waals surface area contributed by atoms with Crippen molar-refractivity contribution in [3.63, 3.8) is 0 Å². The van der Waals surface area contributed by atoms with E-state index in [1.807, 2.05) is 11.8 Å². The molecule has 2 aromatic rings. The summed E-state index contributed by atoms with van der Waals surface area (Å²) in [4.78, 5) is 32.9. The minimum absolute atomic E-state index is 0.0640. The minimum Gasteiger partial charge on any atom is -0.474 e. The third-order valence-electron chi connectivity index (χ3n) is 4.72. The van der Waals surface area contributed by atoms with Gasteiger partial charge in [0.25, 0.3) is 5.91 Å². The smallest absolute Gasteiger partial charge is 0.253 e. The highest BCUT2D eigenvalue weighted by atomic mass is 16.5. The van der Waals surface area contributed by atoms with Gasteiger partial charge in [0.05, 0.1) is 0 Å². The Kier molecular flexibility index (Phi) is 7.00. The van der Waals surface area contributed by atoms with Crippen LogP contribution in [0.4, 0.5) is 11.6 Å². The van der Waals surface area contributed by atoms with Crippen LogP contribution in [0.25, 0.3) is 0 Å². The zero-order chi connectivity index (χ0) is 21.5. The molecule has 0 radical (unpaired) electrons. The number of aromatic nitrogens is 2. The van der Waals surface area contributed by atoms with Gasteiger partial charge < -0.3 is 20.7 Å². The zero-order valence-corrected chi connectivity index (χ0v) is 17.1. The maximum atomic E-state index is 12.1. The van der Waals surface area contributed by atoms with Crippen LogP contribution in [-0.2, 0) is 4.79 Å². The van der Waals surface area contributed by atoms with E-state index in [1.165, 1.54) is 6.08 Å². The van der Waals surface area contributed by atoms with E-state index in [0.717, 1.165) is 44.3 Å². The molecule has 2 aliphatic rings. The third kappa shape index (κ3) is 6.04. The maximum absolute atomic E-state index is 12.1. The van der Waals surface area contributed by atoms with E-state index in [-0.39, 0.29) is 17.8 Å². The van der Waals surface area contributed by atoms with E-state index < -0.39 is 0 Å². The van der Waals surface area contributed by atoms with Crippen LogP contribution < -0.4 is 15.8 Å². The van der Waals surface area contributed by atoms with E-state index in [2.05, 4.69) is 21.9 Å². The van der Waals surface area contributed by atoms with Gasteiger partial charge in [-0.3, -0.25) is 9.59 Å². The van der Waals surface area contributed by atoms with Gasteiger partial charge in [-0.25, -0.2) is 4.98 Å². The van der Waals surface area contributed by atoms with Gasteiger partial charge in [-0.1, -0.05) is 6.58 Å². The summed E-state index contributed by atoms with van der Waals surface area (Å²) in [7, 11) is 0. The summed E-state index contributed by atoms with van der Waals surface area (Å²) >= 11 is 0. The van der Waals surface area contributed by atoms with Crippen molar-refractivity contribution >= 4 is 23.5 Å². The molecule has 2 heterocycles. The number of nitrogen functional groups attached to an aromatic ring is 1. The van der Waals surface area contributed by atoms with Gasteiger partial charge >= 0.3 is 0 Å². The van der Waals surface area contributed by atoms with Crippen LogP contribution in [0.1, 0.15) is 41.6 Å². The fourth-order valence-corrected chi connectivity index (χ4v) is 2.89. The number of nitrogens with one attached hydrogen (secondary N) is 1. The second-order valence-corrected chi connectivity index (χ2v) is 7.30. The molecule has 1 aliphatic heterocycles. The van der Waals surface area contributed by atoms with Crippen molar-refractivity contribution in [3.05, 3.63) is 54.2 Å². The molecule has 0 unspecified atom stereocenters. The Morgan fingerprint density at radius 2 is 1.90 bits per heavy atom. The number of hydrogen-bond donors (Lipinski definition) is 2. The van der Waals surface area contributed by atoms with Gasteiger partial charge in [-0.2, -0.15) is 4.98 Å². The largest absolute Gasteiger partial charge is 0.474 e. The minimum atomic E-state index is -0.256. The Balaban J connectivity index is 0.000000184. The number of carbonyl (C=O) groups is 2. The van der Waals surface area contributed by atoms with Gasteiger partial charge in [0, 0.05) is 36.1 Å². The molecule has 3 N–H and O–H groups in total. The van der Waals surface area contributed by atoms with Crippen LogP contribution in [0.2, 0.25) is 0 Å². The molecule has 0 spiro atoms. The lowest BCUT2D eigenvalue weighted by atomic mass is 10.2. The standard InChI is InChI=1S/C14H16N2O2.C8H11N3O/c1-2-13(17)15-12-7-5-11(6-8-12)14(18)16-9-3-4-10-16;1-5-4-10-8(9)11-7(5)12-6-2-3-6/h2,5-8H,1,3-4,9-10H2,(H,15,17);4,6H,2-3H2,1H3,(H2,9,10,11). The van der Waals surface area contributed by atoms with Crippen molar-refractivity contribution in [2.75, 3.05) is 24.1 Å². The average Bonchev–Trinajstić information content (AvgIpc) is 3.39. The molecule has 30 heavy (non-hydrogen) atoms. The van der Waals surface area contributed by atoms with Gasteiger partial charge in [0.1, 0.15) is 6.10 Å². The number of aryl methyl sites for hydroxylation is 1. The first kappa shape index (κ1) is 21.3. The molecule has 1 aromatic carbocycles. The monoisotopic (exact) mass is 409 g/mol. The topological polar surface area (TPSA) is 110 Å². The predicted octanol–water partition coefficient (Wildman–Crippen LogP) is 2.96. The fraction of sp³-hybridized carbons (Fsp3) is 0.364. The van der Waals surface area contributed by atoms with Crippen molar-refractivity contribution in [1.29, 1.82) is 0 Å². The molecule has 1 saturated carbocycles. The van der Waals surface area contributed by atoms with Gasteiger partial charge in [0.15, 0.2) is 0 Å². The molecule has 1 aromatic heterocycles. The highest BCUT2D eigenvalue weighted by Gasteiger charge is 2.24. The Morgan fingerprint density at radius 1 is 1.23 bits per heavy atom. The van der Waals surface area contributed by atoms with Crippen LogP contribution in [0.3, 0.4) is 0 Å². The first-order valence-electron chi connectivity index (χ1n) is 10.0. The number of likely N-dealkylation sites (tertiary alicyclic amines) is 1. The van der Waals surface area contributed by atoms with E-state index >= 15 is 0 Å². The van der Waals surface area contributed by atoms with Gasteiger partial charge in [0.2, 0.25) is 17.7 Å². The zero-order valence-electron chi connectivity index (χ0n) is 17.1. The van der Waals surface area contributed by atoms with Crippen molar-refractivity contribution in [1.82, 2.24) is 14.9 Å². The van der Waals surface area contributed by atoms with Crippen molar-refractivity contribution in [3.8, 4) is 5.88 Å². The Labute approximate surface area is 176 Å². The molecule has 8 heteroatoms. The van der Waals surface area contributed by atoms with Crippen molar-refractivity contribution in [2.24, 2.45) is 0 Å². The number of nitrogens with zero attached hydrogens (tertiary/aromatic N) is 3. The van der Waals surface area contributed by atoms with Crippen LogP contribution in [-0.4, -0.2) is 45.9 Å². The second kappa shape index (κ2) is 9.87. The molecular weight excluding hydrogens is 382 g/mol. The highest BCUT2D eigenvalue weighted by Crippen LogP contribution is 2.27. The Bertz CT molecular complexity index is 903. The number of benzene rings is 1. The lowest BCUT2D eigenvalue weighted by Crippen LogP contribution is -2.27. The Morgan fingerprint density at radius 3 is 2.50 bits per heavy atom. The van der Waals surface area contributed by atoms with E-state index in [1.54, 1.807) is 30.5 Å². The Hall–Kier alpha value is -3.42. The summed E-state index contributed by atoms with van der Waals surface area (Å²) < 4.78 is 5.51. The van der Waals surface area contributed by atoms with E-state index in [9.17, 15) is 9.59 Å². The third-order valence-corrected chi connectivity index (χ3v) is 4.72. The van der Waals surface area contributed by atoms with Gasteiger partial charge in [-0.05, 0) is 62.9 Å². The summed E-state index contributed by atoms with van der Waals surface area (Å²) in [5, 5.41) is 2.65. The van der Waals surface area contributed by atoms with Crippen LogP contribution in [0.5, 0.6) is 5.88 Å². The highest BCUT2D eigenvalue weighted by molar-refractivity contribution is 5.99. The number of ether oxygens (including phenoxy) is 1. The number of carbonyl (C=O) groups excluding carboxylic acids is 2. The van der Waals surface area contributed by atoms with Crippen LogP contribution >= 0.6 is 0 Å². The molecule has 4 rings (SSSR count). The average molecular weight is 409 g/mol. The summed E-state index contributed by atoms with van der Waals surface area (Å²) in [5.41, 5.74) is 7.69. The molecule has 8 nitrogen and oxygen atoms in total. The number of anilines is 2. The molecule has 0 bridgehead atoms. The quantitative estimate of drug-likeness (QED) is 0.735. The summed E-state index contributed by atoms with van der Waals surface area (Å²) in [6.07, 6.45) is 7.67. The summed E-state index contributed by atoms with van der Waals surface area (Å²) in [6, 6.07) is 6.92. The summed E-state index contributed by atoms with van der Waals surface area (Å²) in [5.74, 6) is 0.712. The maximum Gasteiger partial charge on any atom is 0.253 e. The van der Waals surface area contributed by atoms with E-state index in [0.29, 0.717) is 23.2 Å². The molecular formula is C22H27N5O3. The van der Waals surface area contributed by atoms with Gasteiger partial charge in [-0.15, -0.1) is 0 Å². The molecule has 2 fully saturated rings. The molecule has 1 aliphatic carbocycles. The van der Waals surface area contributed by atoms with Crippen LogP contribution in [0.15, 0.2) is 43.1 Å². The van der Waals surface area contributed by atoms with E-state index in [4.69, 9.17) is 10.5 Å². The second-order valence-electron chi connectivity index (χ2n) is 7.30. The number of nitrogens with two attached hydrogens (primary N) is 1. The van der Waals surface area contributed by atoms with Crippen molar-refractivity contribution in [2.45, 2.75) is 38.7 Å². The first-order valence-corrected chi connectivity index (χ1v) is 10.0. The lowest BCUT2D eigenvalue weighted by molar-refractivity contribution is -0.111. The number of hydrogen-bond acceptors (Lipinski definition) is 6. The fourth-order valence-electron chi connectivity index (χ4n) is 2.89. The predicted molar refractivity (Wildman–Crippen MR) is 115 cm³/mol. The molecule has 158 valence electrons. The normalized spacial score (nSPS) is 15.0. The number of rotatable bonds is 5. The lowest BCUT2D eigenvalue weighted by Gasteiger charge is -2.15. The first-order chi connectivity index (χ1) is 14.5. The molecule has 2 amide bonds. The SMILES string of the molecule is C=CC(=O)Nc1ccc(C(=O)N2CCCC2)cc1.Cc1cnc(N)nc1OC1CC1. The summed E-state index contributed by atoms with van der Waals surface area (Å²) in [6.45, 7) is 6.98. The molecule has 1 saturated heterocycles. The number of amides is 2. The molecule has 0 atom stereocenters. The van der Waals surface area contributed by atoms with Crippen LogP contribution in [0, 0.1) is 6.92 Å².